The highest BCUT2D eigenvalue weighted by atomic mass is 16.6. The predicted octanol–water partition coefficient (Wildman–Crippen LogP) is 2.93. The van der Waals surface area contributed by atoms with E-state index in [-0.39, 0.29) is 63.5 Å². The van der Waals surface area contributed by atoms with E-state index >= 15 is 0 Å². The van der Waals surface area contributed by atoms with Crippen LogP contribution in [0.3, 0.4) is 0 Å². The van der Waals surface area contributed by atoms with Gasteiger partial charge in [-0.25, -0.2) is 4.79 Å². The molecule has 4 atom stereocenters. The van der Waals surface area contributed by atoms with Crippen molar-refractivity contribution in [3.63, 3.8) is 0 Å². The normalized spacial score (nSPS) is 19.2. The van der Waals surface area contributed by atoms with Crippen molar-refractivity contribution in [3.8, 4) is 69.0 Å². The number of hydrogen-bond donors (Lipinski definition) is 10. The standard InChI is InChI=1S/C36H28O16/c37-14-5-20(39)18-10-26(45)35(51-27(18)7-14)17-9-25(44)33(48)30-16(17)1-12(2-24(43)32(30)47)34-29(11-19-21(40)6-15(38)8-28(19)50-34)52-36(49)13-3-22(41)31(46)23(42)4-13/h1-9,26,29,34-35,37-42,44-46,48H,10-11H2,(H,43,47)/p+1/t26-,29-,34-,35-/m0/s1. The number of hydrogen-bond acceptors (Lipinski definition) is 15. The van der Waals surface area contributed by atoms with Crippen molar-refractivity contribution in [3.05, 3.63) is 92.6 Å². The molecule has 12 N–H and O–H groups in total. The van der Waals surface area contributed by atoms with Gasteiger partial charge in [-0.15, -0.1) is 0 Å². The van der Waals surface area contributed by atoms with Gasteiger partial charge in [-0.3, -0.25) is 4.79 Å². The molecule has 52 heavy (non-hydrogen) atoms. The minimum Gasteiger partial charge on any atom is -0.593 e. The summed E-state index contributed by atoms with van der Waals surface area (Å²) in [5.74, 6) is -7.78. The van der Waals surface area contributed by atoms with Gasteiger partial charge >= 0.3 is 5.97 Å². The van der Waals surface area contributed by atoms with Gasteiger partial charge in [0, 0.05) is 47.2 Å². The van der Waals surface area contributed by atoms with Gasteiger partial charge in [0.25, 0.3) is 5.75 Å². The lowest BCUT2D eigenvalue weighted by molar-refractivity contribution is -0.0188. The Labute approximate surface area is 290 Å². The summed E-state index contributed by atoms with van der Waals surface area (Å²) in [6.45, 7) is 0. The maximum absolute atomic E-state index is 13.5. The van der Waals surface area contributed by atoms with Gasteiger partial charge in [-0.2, -0.15) is 0 Å². The van der Waals surface area contributed by atoms with Crippen molar-refractivity contribution < 1.29 is 75.2 Å². The molecule has 0 saturated heterocycles. The van der Waals surface area contributed by atoms with Crippen molar-refractivity contribution >= 4 is 16.7 Å². The second-order valence-electron chi connectivity index (χ2n) is 12.4. The molecular formula is C36H29O16+. The summed E-state index contributed by atoms with van der Waals surface area (Å²) >= 11 is 0. The van der Waals surface area contributed by atoms with Crippen LogP contribution in [0.1, 0.15) is 44.8 Å². The van der Waals surface area contributed by atoms with Crippen molar-refractivity contribution in [1.82, 2.24) is 0 Å². The number of esters is 1. The first-order chi connectivity index (χ1) is 24.6. The number of phenolic OH excluding ortho intramolecular Hbond substituents is 8. The van der Waals surface area contributed by atoms with Crippen LogP contribution in [0.2, 0.25) is 0 Å². The summed E-state index contributed by atoms with van der Waals surface area (Å²) in [5, 5.41) is 112. The van der Waals surface area contributed by atoms with Crippen LogP contribution in [-0.2, 0) is 17.6 Å². The molecule has 0 unspecified atom stereocenters. The summed E-state index contributed by atoms with van der Waals surface area (Å²) in [7, 11) is 0. The second-order valence-corrected chi connectivity index (χ2v) is 12.4. The molecule has 2 heterocycles. The van der Waals surface area contributed by atoms with E-state index in [1.807, 2.05) is 0 Å². The van der Waals surface area contributed by atoms with Gasteiger partial charge in [0.1, 0.15) is 34.9 Å². The van der Waals surface area contributed by atoms with Crippen LogP contribution in [0.25, 0.3) is 10.8 Å². The first-order valence-corrected chi connectivity index (χ1v) is 15.5. The number of aliphatic hydroxyl groups excluding tert-OH is 1. The Morgan fingerprint density at radius 2 is 1.29 bits per heavy atom. The Morgan fingerprint density at radius 3 is 2.00 bits per heavy atom. The molecule has 0 aromatic heterocycles. The molecule has 0 spiro atoms. The van der Waals surface area contributed by atoms with E-state index in [2.05, 4.69) is 0 Å². The van der Waals surface area contributed by atoms with Crippen molar-refractivity contribution in [2.45, 2.75) is 37.3 Å². The first kappa shape index (κ1) is 33.6. The van der Waals surface area contributed by atoms with Crippen LogP contribution >= 0.6 is 0 Å². The van der Waals surface area contributed by atoms with Gasteiger partial charge < -0.3 is 70.4 Å². The van der Waals surface area contributed by atoms with Crippen LogP contribution < -0.4 is 14.9 Å². The molecule has 7 rings (SSSR count). The van der Waals surface area contributed by atoms with Gasteiger partial charge in [-0.1, -0.05) is 0 Å². The molecular weight excluding hydrogens is 688 g/mol. The van der Waals surface area contributed by atoms with Gasteiger partial charge in [0.05, 0.1) is 29.2 Å². The molecule has 0 fully saturated rings. The minimum absolute atomic E-state index is 0.0281. The molecule has 16 nitrogen and oxygen atoms in total. The monoisotopic (exact) mass is 717 g/mol. The van der Waals surface area contributed by atoms with Crippen LogP contribution in [-0.4, -0.2) is 74.3 Å². The minimum atomic E-state index is -1.48. The zero-order chi connectivity index (χ0) is 37.3. The first-order valence-electron chi connectivity index (χ1n) is 15.5. The molecule has 0 saturated carbocycles. The zero-order valence-corrected chi connectivity index (χ0v) is 26.4. The molecule has 2 aliphatic rings. The largest absolute Gasteiger partial charge is 0.593 e. The Kier molecular flexibility index (Phi) is 7.83. The fourth-order valence-electron chi connectivity index (χ4n) is 6.54. The number of phenols is 8. The fraction of sp³-hybridized carbons (Fsp3) is 0.167. The van der Waals surface area contributed by atoms with Gasteiger partial charge in [0.2, 0.25) is 5.43 Å². The van der Waals surface area contributed by atoms with E-state index in [1.165, 1.54) is 12.1 Å². The summed E-state index contributed by atoms with van der Waals surface area (Å²) in [6, 6.07) is 9.43. The number of aliphatic hydroxyl groups is 1. The molecule has 5 aromatic carbocycles. The number of fused-ring (bicyclic) bond motifs is 3. The highest BCUT2D eigenvalue weighted by molar-refractivity contribution is 5.97. The summed E-state index contributed by atoms with van der Waals surface area (Å²) in [5.41, 5.74) is -1.43. The lowest BCUT2D eigenvalue weighted by Gasteiger charge is -2.34. The molecule has 5 aromatic rings. The molecule has 0 radical (unpaired) electrons. The number of rotatable bonds is 4. The van der Waals surface area contributed by atoms with E-state index in [0.717, 1.165) is 42.5 Å². The third-order valence-electron chi connectivity index (χ3n) is 9.00. The number of carbonyl (C=O) groups is 1. The average Bonchev–Trinajstić information content (AvgIpc) is 3.20. The third kappa shape index (κ3) is 5.56. The highest BCUT2D eigenvalue weighted by Gasteiger charge is 2.39. The SMILES string of the molecule is O=C(O[C@H]1Cc2c(O)cc(O)cc2O[C@H]1c1cc(=O)c(O)c2c(O)c(O)cc([C@@H]3Oc4cc([OH2+])cc(O)c4C[C@@H]3O)c2c1)c1cc(O)c(O)c(O)c1. The summed E-state index contributed by atoms with van der Waals surface area (Å²) in [6.07, 6.45) is -6.19. The number of carbonyl (C=O) groups excluding carboxylic acids is 1. The smallest absolute Gasteiger partial charge is 0.338 e. The summed E-state index contributed by atoms with van der Waals surface area (Å²) < 4.78 is 17.8. The van der Waals surface area contributed by atoms with E-state index < -0.39 is 92.8 Å². The van der Waals surface area contributed by atoms with Crippen LogP contribution in [0.15, 0.2) is 59.4 Å². The quantitative estimate of drug-likeness (QED) is 0.0726. The number of benzene rings is 4. The highest BCUT2D eigenvalue weighted by Crippen LogP contribution is 2.49. The second kappa shape index (κ2) is 12.1. The van der Waals surface area contributed by atoms with Crippen LogP contribution in [0.4, 0.5) is 0 Å². The number of aromatic hydroxyl groups is 9. The van der Waals surface area contributed by atoms with E-state index in [1.54, 1.807) is 0 Å². The molecule has 268 valence electrons. The van der Waals surface area contributed by atoms with Crippen LogP contribution in [0, 0.1) is 0 Å². The molecule has 0 amide bonds. The Hall–Kier alpha value is -6.94. The predicted molar refractivity (Wildman–Crippen MR) is 177 cm³/mol. The van der Waals surface area contributed by atoms with E-state index in [9.17, 15) is 60.7 Å². The lowest BCUT2D eigenvalue weighted by atomic mass is 9.90. The Balaban J connectivity index is 1.41. The maximum atomic E-state index is 13.5. The molecule has 2 aliphatic heterocycles. The Morgan fingerprint density at radius 1 is 0.673 bits per heavy atom. The van der Waals surface area contributed by atoms with Crippen LogP contribution in [0.5, 0.6) is 69.0 Å². The van der Waals surface area contributed by atoms with E-state index in [4.69, 9.17) is 19.3 Å². The molecule has 0 bridgehead atoms. The fourth-order valence-corrected chi connectivity index (χ4v) is 6.54. The average molecular weight is 718 g/mol. The van der Waals surface area contributed by atoms with Crippen molar-refractivity contribution in [1.29, 1.82) is 0 Å². The molecule has 16 heteroatoms. The zero-order valence-electron chi connectivity index (χ0n) is 26.4. The maximum Gasteiger partial charge on any atom is 0.338 e. The Bertz CT molecular complexity index is 2370. The van der Waals surface area contributed by atoms with Crippen molar-refractivity contribution in [2.24, 2.45) is 0 Å². The topological polar surface area (TPSA) is 287 Å². The summed E-state index contributed by atoms with van der Waals surface area (Å²) in [4.78, 5) is 26.8. The lowest BCUT2D eigenvalue weighted by Crippen LogP contribution is -2.35. The molecule has 0 aliphatic carbocycles. The van der Waals surface area contributed by atoms with Crippen molar-refractivity contribution in [2.75, 3.05) is 0 Å². The van der Waals surface area contributed by atoms with Gasteiger partial charge in [-0.05, 0) is 35.7 Å². The third-order valence-corrected chi connectivity index (χ3v) is 9.00. The van der Waals surface area contributed by atoms with Gasteiger partial charge in [0.15, 0.2) is 46.7 Å². The number of ether oxygens (including phenoxy) is 3. The van der Waals surface area contributed by atoms with E-state index in [0.29, 0.717) is 0 Å².